The van der Waals surface area contributed by atoms with Gasteiger partial charge in [-0.15, -0.1) is 0 Å². The van der Waals surface area contributed by atoms with Crippen molar-refractivity contribution in [2.45, 2.75) is 19.8 Å². The van der Waals surface area contributed by atoms with Gasteiger partial charge in [0.05, 0.1) is 0 Å². The Kier molecular flexibility index (Phi) is 5.81. The van der Waals surface area contributed by atoms with E-state index in [0.717, 1.165) is 25.9 Å². The summed E-state index contributed by atoms with van der Waals surface area (Å²) in [5.41, 5.74) is 1.36. The van der Waals surface area contributed by atoms with Crippen molar-refractivity contribution >= 4 is 11.9 Å². The molecular weight excluding hydrogens is 328 g/mol. The first-order valence-electron chi connectivity index (χ1n) is 9.48. The highest BCUT2D eigenvalue weighted by Gasteiger charge is 2.33. The third kappa shape index (κ3) is 4.75. The Labute approximate surface area is 156 Å². The second kappa shape index (κ2) is 8.08. The minimum absolute atomic E-state index is 0.0362. The molecule has 2 saturated heterocycles. The zero-order valence-electron chi connectivity index (χ0n) is 15.9. The van der Waals surface area contributed by atoms with E-state index in [2.05, 4.69) is 36.3 Å². The van der Waals surface area contributed by atoms with Crippen LogP contribution in [0, 0.1) is 5.41 Å². The fraction of sp³-hybridized carbons (Fsp3) is 0.600. The number of piperazine rings is 1. The Morgan fingerprint density at radius 2 is 1.96 bits per heavy atom. The molecule has 3 rings (SSSR count). The summed E-state index contributed by atoms with van der Waals surface area (Å²) in [7, 11) is 2.11. The number of rotatable bonds is 5. The van der Waals surface area contributed by atoms with Gasteiger partial charge in [0.2, 0.25) is 5.91 Å². The topological polar surface area (TPSA) is 55.9 Å². The third-order valence-electron chi connectivity index (χ3n) is 5.53. The lowest BCUT2D eigenvalue weighted by molar-refractivity contribution is -0.134. The monoisotopic (exact) mass is 358 g/mol. The van der Waals surface area contributed by atoms with Crippen LogP contribution in [0.25, 0.3) is 0 Å². The van der Waals surface area contributed by atoms with Crippen molar-refractivity contribution in [2.24, 2.45) is 5.41 Å². The molecule has 0 saturated carbocycles. The van der Waals surface area contributed by atoms with E-state index in [4.69, 9.17) is 0 Å². The van der Waals surface area contributed by atoms with Gasteiger partial charge in [0.15, 0.2) is 0 Å². The molecule has 6 heteroatoms. The van der Waals surface area contributed by atoms with Crippen molar-refractivity contribution in [1.82, 2.24) is 20.0 Å². The number of nitrogens with one attached hydrogen (secondary N) is 1. The number of urea groups is 1. The molecule has 0 unspecified atom stereocenters. The second-order valence-corrected chi connectivity index (χ2v) is 8.00. The van der Waals surface area contributed by atoms with Gasteiger partial charge in [0.1, 0.15) is 6.54 Å². The fourth-order valence-corrected chi connectivity index (χ4v) is 3.84. The van der Waals surface area contributed by atoms with Crippen molar-refractivity contribution < 1.29 is 9.59 Å². The predicted octanol–water partition coefficient (Wildman–Crippen LogP) is 1.42. The fourth-order valence-electron chi connectivity index (χ4n) is 3.84. The van der Waals surface area contributed by atoms with E-state index >= 15 is 0 Å². The molecule has 2 heterocycles. The number of carbonyl (C=O) groups excluding carboxylic acids is 2. The van der Waals surface area contributed by atoms with Gasteiger partial charge in [-0.25, -0.2) is 4.79 Å². The van der Waals surface area contributed by atoms with Crippen LogP contribution in [0.1, 0.15) is 18.9 Å². The Morgan fingerprint density at radius 1 is 1.19 bits per heavy atom. The van der Waals surface area contributed by atoms with E-state index in [-0.39, 0.29) is 23.9 Å². The van der Waals surface area contributed by atoms with Gasteiger partial charge in [-0.05, 0) is 37.4 Å². The molecule has 26 heavy (non-hydrogen) atoms. The van der Waals surface area contributed by atoms with Gasteiger partial charge in [0.25, 0.3) is 0 Å². The van der Waals surface area contributed by atoms with Crippen LogP contribution in [0.3, 0.4) is 0 Å². The van der Waals surface area contributed by atoms with E-state index < -0.39 is 0 Å². The Hall–Kier alpha value is -2.08. The van der Waals surface area contributed by atoms with Gasteiger partial charge < -0.3 is 20.0 Å². The lowest BCUT2D eigenvalue weighted by atomic mass is 9.90. The van der Waals surface area contributed by atoms with Crippen molar-refractivity contribution in [3.8, 4) is 0 Å². The SMILES string of the molecule is CN1CC[C@@](C)(CNC(=O)N2CCN(CCc3ccccc3)C(=O)C2)C1. The van der Waals surface area contributed by atoms with Crippen LogP contribution in [0.5, 0.6) is 0 Å². The van der Waals surface area contributed by atoms with Crippen LogP contribution in [0.4, 0.5) is 4.79 Å². The number of benzene rings is 1. The largest absolute Gasteiger partial charge is 0.339 e. The number of likely N-dealkylation sites (tertiary alicyclic amines) is 1. The molecule has 0 aromatic heterocycles. The minimum Gasteiger partial charge on any atom is -0.339 e. The van der Waals surface area contributed by atoms with Gasteiger partial charge in [-0.3, -0.25) is 4.79 Å². The quantitative estimate of drug-likeness (QED) is 0.866. The van der Waals surface area contributed by atoms with Crippen LogP contribution in [-0.2, 0) is 11.2 Å². The highest BCUT2D eigenvalue weighted by molar-refractivity contribution is 5.85. The maximum absolute atomic E-state index is 12.4. The molecule has 1 aromatic carbocycles. The molecule has 0 aliphatic carbocycles. The first kappa shape index (κ1) is 18.7. The molecule has 0 radical (unpaired) electrons. The standard InChI is InChI=1S/C20H30N4O2/c1-20(9-11-22(2)16-20)15-21-19(26)24-13-12-23(18(25)14-24)10-8-17-6-4-3-5-7-17/h3-7H,8-16H2,1-2H3,(H,21,26)/t20-/m0/s1. The van der Waals surface area contributed by atoms with Crippen LogP contribution >= 0.6 is 0 Å². The van der Waals surface area contributed by atoms with E-state index in [1.54, 1.807) is 4.90 Å². The summed E-state index contributed by atoms with van der Waals surface area (Å²) in [6.45, 7) is 7.05. The van der Waals surface area contributed by atoms with Crippen LogP contribution in [0.2, 0.25) is 0 Å². The van der Waals surface area contributed by atoms with Crippen molar-refractivity contribution in [3.63, 3.8) is 0 Å². The van der Waals surface area contributed by atoms with Crippen LogP contribution < -0.4 is 5.32 Å². The summed E-state index contributed by atoms with van der Waals surface area (Å²) in [5.74, 6) is 0.0362. The summed E-state index contributed by atoms with van der Waals surface area (Å²) in [6.07, 6.45) is 1.95. The molecular formula is C20H30N4O2. The summed E-state index contributed by atoms with van der Waals surface area (Å²) < 4.78 is 0. The maximum Gasteiger partial charge on any atom is 0.317 e. The summed E-state index contributed by atoms with van der Waals surface area (Å²) in [6, 6.07) is 10.1. The molecule has 3 amide bonds. The Balaban J connectivity index is 1.43. The number of nitrogens with zero attached hydrogens (tertiary/aromatic N) is 3. The number of hydrogen-bond donors (Lipinski definition) is 1. The first-order valence-corrected chi connectivity index (χ1v) is 9.48. The maximum atomic E-state index is 12.4. The smallest absolute Gasteiger partial charge is 0.317 e. The van der Waals surface area contributed by atoms with Gasteiger partial charge >= 0.3 is 6.03 Å². The number of hydrogen-bond acceptors (Lipinski definition) is 3. The zero-order chi connectivity index (χ0) is 18.6. The normalized spacial score (nSPS) is 24.2. The number of amides is 3. The zero-order valence-corrected chi connectivity index (χ0v) is 15.9. The van der Waals surface area contributed by atoms with Gasteiger partial charge in [0, 0.05) is 32.7 Å². The molecule has 0 bridgehead atoms. The predicted molar refractivity (Wildman–Crippen MR) is 102 cm³/mol. The highest BCUT2D eigenvalue weighted by Crippen LogP contribution is 2.27. The summed E-state index contributed by atoms with van der Waals surface area (Å²) in [4.78, 5) is 30.6. The third-order valence-corrected chi connectivity index (χ3v) is 5.53. The van der Waals surface area contributed by atoms with Crippen LogP contribution in [0.15, 0.2) is 30.3 Å². The van der Waals surface area contributed by atoms with Gasteiger partial charge in [-0.1, -0.05) is 37.3 Å². The van der Waals surface area contributed by atoms with Gasteiger partial charge in [-0.2, -0.15) is 0 Å². The molecule has 2 aliphatic rings. The first-order chi connectivity index (χ1) is 12.5. The van der Waals surface area contributed by atoms with E-state index in [1.807, 2.05) is 23.1 Å². The van der Waals surface area contributed by atoms with E-state index in [9.17, 15) is 9.59 Å². The molecule has 6 nitrogen and oxygen atoms in total. The van der Waals surface area contributed by atoms with E-state index in [0.29, 0.717) is 26.2 Å². The molecule has 142 valence electrons. The molecule has 1 atom stereocenters. The lowest BCUT2D eigenvalue weighted by Crippen LogP contribution is -2.55. The summed E-state index contributed by atoms with van der Waals surface area (Å²) >= 11 is 0. The lowest BCUT2D eigenvalue weighted by Gasteiger charge is -2.35. The average molecular weight is 358 g/mol. The number of carbonyl (C=O) groups is 2. The highest BCUT2D eigenvalue weighted by atomic mass is 16.2. The van der Waals surface area contributed by atoms with Crippen molar-refractivity contribution in [2.75, 3.05) is 52.9 Å². The molecule has 0 spiro atoms. The molecule has 1 N–H and O–H groups in total. The van der Waals surface area contributed by atoms with E-state index in [1.165, 1.54) is 5.56 Å². The van der Waals surface area contributed by atoms with Crippen molar-refractivity contribution in [1.29, 1.82) is 0 Å². The van der Waals surface area contributed by atoms with Crippen molar-refractivity contribution in [3.05, 3.63) is 35.9 Å². The second-order valence-electron chi connectivity index (χ2n) is 8.00. The molecule has 2 fully saturated rings. The van der Waals surface area contributed by atoms with Crippen LogP contribution in [-0.4, -0.2) is 79.5 Å². The Morgan fingerprint density at radius 3 is 2.62 bits per heavy atom. The molecule has 2 aliphatic heterocycles. The Bertz CT molecular complexity index is 636. The minimum atomic E-state index is -0.114. The average Bonchev–Trinajstić information content (AvgIpc) is 2.99. The summed E-state index contributed by atoms with van der Waals surface area (Å²) in [5, 5.41) is 3.04. The molecule has 1 aromatic rings.